The van der Waals surface area contributed by atoms with Crippen LogP contribution in [0.1, 0.15) is 11.7 Å². The Kier molecular flexibility index (Phi) is 7.62. The number of aryl methyl sites for hydroxylation is 1. The van der Waals surface area contributed by atoms with Crippen LogP contribution < -0.4 is 0 Å². The molecule has 4 aromatic heterocycles. The number of rotatable bonds is 7. The number of hydrogen-bond acceptors (Lipinski definition) is 11. The van der Waals surface area contributed by atoms with E-state index in [1.54, 1.807) is 36.4 Å². The summed E-state index contributed by atoms with van der Waals surface area (Å²) < 4.78 is 13.5. The molecule has 1 fully saturated rings. The van der Waals surface area contributed by atoms with Gasteiger partial charge in [0.15, 0.2) is 0 Å². The van der Waals surface area contributed by atoms with Crippen molar-refractivity contribution in [2.24, 2.45) is 0 Å². The van der Waals surface area contributed by atoms with Gasteiger partial charge in [-0.1, -0.05) is 34.6 Å². The summed E-state index contributed by atoms with van der Waals surface area (Å²) in [6.45, 7) is 1.52. The molecule has 0 aromatic carbocycles. The van der Waals surface area contributed by atoms with E-state index >= 15 is 0 Å². The molecule has 1 saturated heterocycles. The lowest BCUT2D eigenvalue weighted by molar-refractivity contribution is -0.186. The van der Waals surface area contributed by atoms with Crippen molar-refractivity contribution in [2.75, 3.05) is 13.7 Å². The summed E-state index contributed by atoms with van der Waals surface area (Å²) >= 11 is 9.08. The van der Waals surface area contributed by atoms with Crippen molar-refractivity contribution in [1.82, 2.24) is 29.9 Å². The largest absolute Gasteiger partial charge is 0.394 e. The van der Waals surface area contributed by atoms with Crippen LogP contribution in [0.15, 0.2) is 53.1 Å². The van der Waals surface area contributed by atoms with Crippen molar-refractivity contribution in [1.29, 1.82) is 0 Å². The zero-order chi connectivity index (χ0) is 25.2. The maximum atomic E-state index is 11.1. The number of nitrogens with zero attached hydrogens (tertiary/aromatic N) is 6. The van der Waals surface area contributed by atoms with Crippen LogP contribution in [0.5, 0.6) is 0 Å². The van der Waals surface area contributed by atoms with Crippen molar-refractivity contribution in [2.45, 2.75) is 41.6 Å². The highest BCUT2D eigenvalue weighted by Gasteiger charge is 2.47. The van der Waals surface area contributed by atoms with Crippen LogP contribution in [0.2, 0.25) is 5.02 Å². The van der Waals surface area contributed by atoms with Gasteiger partial charge in [-0.2, -0.15) is 0 Å². The molecule has 0 spiro atoms. The van der Waals surface area contributed by atoms with Crippen molar-refractivity contribution >= 4 is 34.7 Å². The van der Waals surface area contributed by atoms with Crippen molar-refractivity contribution < 1.29 is 19.7 Å². The minimum Gasteiger partial charge on any atom is -0.394 e. The van der Waals surface area contributed by atoms with Crippen molar-refractivity contribution in [3.05, 3.63) is 59.0 Å². The molecule has 13 heteroatoms. The fourth-order valence-electron chi connectivity index (χ4n) is 4.03. The summed E-state index contributed by atoms with van der Waals surface area (Å²) in [6.07, 6.45) is 2.34. The number of pyridine rings is 2. The molecule has 0 saturated carbocycles. The molecular formula is C23H23ClN6O4S2. The molecule has 0 aliphatic carbocycles. The fraction of sp³-hybridized carbons (Fsp3) is 0.348. The van der Waals surface area contributed by atoms with E-state index in [1.807, 2.05) is 30.5 Å². The molecule has 2 N–H and O–H groups in total. The van der Waals surface area contributed by atoms with Gasteiger partial charge in [0, 0.05) is 35.5 Å². The lowest BCUT2D eigenvalue weighted by Gasteiger charge is -2.43. The van der Waals surface area contributed by atoms with E-state index in [2.05, 4.69) is 25.3 Å². The summed E-state index contributed by atoms with van der Waals surface area (Å²) in [5.41, 5.74) is 2.15. The molecule has 1 aliphatic rings. The van der Waals surface area contributed by atoms with E-state index in [1.165, 1.54) is 23.1 Å². The molecule has 36 heavy (non-hydrogen) atoms. The first kappa shape index (κ1) is 25.2. The van der Waals surface area contributed by atoms with Crippen LogP contribution in [0, 0.1) is 6.92 Å². The van der Waals surface area contributed by atoms with Gasteiger partial charge in [0.2, 0.25) is 0 Å². The highest BCUT2D eigenvalue weighted by atomic mass is 35.5. The third kappa shape index (κ3) is 5.02. The fourth-order valence-corrected chi connectivity index (χ4v) is 6.32. The second kappa shape index (κ2) is 10.9. The zero-order valence-electron chi connectivity index (χ0n) is 19.3. The number of aliphatic hydroxyl groups is 2. The van der Waals surface area contributed by atoms with E-state index in [0.29, 0.717) is 22.1 Å². The van der Waals surface area contributed by atoms with Crippen LogP contribution in [-0.2, 0) is 9.47 Å². The molecule has 10 nitrogen and oxygen atoms in total. The number of thiazole rings is 1. The summed E-state index contributed by atoms with van der Waals surface area (Å²) in [5.74, 6) is 0. The Morgan fingerprint density at radius 2 is 2.14 bits per heavy atom. The Hall–Kier alpha value is -2.45. The number of ether oxygens (including phenoxy) is 2. The van der Waals surface area contributed by atoms with Crippen molar-refractivity contribution in [3.8, 4) is 22.1 Å². The van der Waals surface area contributed by atoms with Gasteiger partial charge < -0.3 is 19.7 Å². The van der Waals surface area contributed by atoms with Gasteiger partial charge in [0.05, 0.1) is 23.5 Å². The van der Waals surface area contributed by atoms with Crippen LogP contribution in [0.25, 0.3) is 22.1 Å². The van der Waals surface area contributed by atoms with Crippen LogP contribution in [0.3, 0.4) is 0 Å². The summed E-state index contributed by atoms with van der Waals surface area (Å²) in [5, 5.41) is 32.7. The first-order valence-corrected chi connectivity index (χ1v) is 13.2. The lowest BCUT2D eigenvalue weighted by Crippen LogP contribution is -2.55. The Morgan fingerprint density at radius 3 is 2.83 bits per heavy atom. The molecule has 4 aromatic rings. The van der Waals surface area contributed by atoms with E-state index in [9.17, 15) is 10.2 Å². The predicted octanol–water partition coefficient (Wildman–Crippen LogP) is 3.25. The molecule has 188 valence electrons. The lowest BCUT2D eigenvalue weighted by atomic mass is 9.97. The quantitative estimate of drug-likeness (QED) is 0.356. The van der Waals surface area contributed by atoms with Gasteiger partial charge in [-0.15, -0.1) is 16.4 Å². The van der Waals surface area contributed by atoms with Crippen LogP contribution in [0.4, 0.5) is 0 Å². The van der Waals surface area contributed by atoms with Crippen LogP contribution in [-0.4, -0.2) is 77.6 Å². The van der Waals surface area contributed by atoms with Crippen molar-refractivity contribution in [3.63, 3.8) is 0 Å². The van der Waals surface area contributed by atoms with Gasteiger partial charge in [0.25, 0.3) is 0 Å². The number of thioether (sulfide) groups is 1. The van der Waals surface area contributed by atoms with E-state index in [4.69, 9.17) is 21.1 Å². The summed E-state index contributed by atoms with van der Waals surface area (Å²) in [4.78, 5) is 14.1. The maximum Gasteiger partial charge on any atom is 0.145 e. The second-order valence-corrected chi connectivity index (χ2v) is 10.6. The third-order valence-corrected chi connectivity index (χ3v) is 8.09. The minimum absolute atomic E-state index is 0.390. The molecule has 5 rings (SSSR count). The smallest absolute Gasteiger partial charge is 0.145 e. The Balaban J connectivity index is 1.49. The second-order valence-electron chi connectivity index (χ2n) is 8.12. The first-order chi connectivity index (χ1) is 17.5. The Bertz CT molecular complexity index is 1320. The van der Waals surface area contributed by atoms with Gasteiger partial charge >= 0.3 is 0 Å². The molecular weight excluding hydrogens is 524 g/mol. The molecule has 5 unspecified atom stereocenters. The molecule has 1 aliphatic heterocycles. The predicted molar refractivity (Wildman–Crippen MR) is 136 cm³/mol. The first-order valence-electron chi connectivity index (χ1n) is 11.0. The summed E-state index contributed by atoms with van der Waals surface area (Å²) in [7, 11) is 1.54. The maximum absolute atomic E-state index is 11.1. The third-order valence-electron chi connectivity index (χ3n) is 5.72. The van der Waals surface area contributed by atoms with Crippen LogP contribution >= 0.6 is 34.7 Å². The number of methoxy groups -OCH3 is 1. The van der Waals surface area contributed by atoms with E-state index in [0.717, 1.165) is 15.6 Å². The highest BCUT2D eigenvalue weighted by Crippen LogP contribution is 2.42. The van der Waals surface area contributed by atoms with Gasteiger partial charge in [-0.3, -0.25) is 9.97 Å². The van der Waals surface area contributed by atoms with Gasteiger partial charge in [-0.25, -0.2) is 9.67 Å². The van der Waals surface area contributed by atoms with E-state index < -0.39 is 29.8 Å². The summed E-state index contributed by atoms with van der Waals surface area (Å²) in [6, 6.07) is 6.66. The minimum atomic E-state index is -1.10. The zero-order valence-corrected chi connectivity index (χ0v) is 21.7. The number of aliphatic hydroxyl groups excluding tert-OH is 2. The van der Waals surface area contributed by atoms with E-state index in [-0.39, 0.29) is 6.61 Å². The number of aromatic nitrogens is 6. The molecule has 0 radical (unpaired) electrons. The monoisotopic (exact) mass is 546 g/mol. The average Bonchev–Trinajstić information content (AvgIpc) is 3.54. The topological polar surface area (TPSA) is 128 Å². The SMILES string of the molecule is COC1C(Sc2cc(Cl)cnc2-c2ccccn2)OC(CO)C(O)C1n1cc(-c2nc(C)cs2)nn1. The molecule has 0 bridgehead atoms. The number of hydrogen-bond donors (Lipinski definition) is 2. The molecule has 5 heterocycles. The Morgan fingerprint density at radius 1 is 1.28 bits per heavy atom. The highest BCUT2D eigenvalue weighted by molar-refractivity contribution is 8.00. The average molecular weight is 547 g/mol. The Labute approximate surface area is 220 Å². The molecule has 5 atom stereocenters. The standard InChI is InChI=1S/C23H23ClN6O4S2/c1-12-11-35-22(27-12)15-9-30(29-28-15)19-20(32)16(10-31)34-23(21(19)33-2)36-17-7-13(24)8-26-18(17)14-5-3-4-6-25-14/h3-9,11,16,19-21,23,31-32H,10H2,1-2H3. The normalized spacial score (nSPS) is 24.2. The van der Waals surface area contributed by atoms with Gasteiger partial charge in [0.1, 0.15) is 46.2 Å². The number of halogens is 1. The van der Waals surface area contributed by atoms with Gasteiger partial charge in [-0.05, 0) is 25.1 Å². The molecule has 0 amide bonds.